The minimum Gasteiger partial charge on any atom is -0.334 e. The highest BCUT2D eigenvalue weighted by Crippen LogP contribution is 2.39. The van der Waals surface area contributed by atoms with Gasteiger partial charge in [-0.1, -0.05) is 16.8 Å². The third-order valence-corrected chi connectivity index (χ3v) is 5.57. The van der Waals surface area contributed by atoms with Crippen LogP contribution in [-0.2, 0) is 20.0 Å². The minimum absolute atomic E-state index is 0.0657. The summed E-state index contributed by atoms with van der Waals surface area (Å²) >= 11 is 5.83. The summed E-state index contributed by atoms with van der Waals surface area (Å²) in [5, 5.41) is 8.56. The summed E-state index contributed by atoms with van der Waals surface area (Å²) in [4.78, 5) is 19.1. The molecule has 3 aromatic rings. The zero-order valence-electron chi connectivity index (χ0n) is 15.2. The molecule has 1 aliphatic carbocycles. The van der Waals surface area contributed by atoms with Crippen LogP contribution in [-0.4, -0.2) is 37.3 Å². The van der Waals surface area contributed by atoms with Gasteiger partial charge in [0.2, 0.25) is 0 Å². The maximum absolute atomic E-state index is 13.4. The quantitative estimate of drug-likeness (QED) is 0.672. The van der Waals surface area contributed by atoms with Crippen LogP contribution in [0.3, 0.4) is 0 Å². The largest absolute Gasteiger partial charge is 0.334 e. The predicted molar refractivity (Wildman–Crippen MR) is 98.3 cm³/mol. The lowest BCUT2D eigenvalue weighted by atomic mass is 10.0. The Morgan fingerprint density at radius 2 is 2.18 bits per heavy atom. The smallest absolute Gasteiger partial charge is 0.278 e. The summed E-state index contributed by atoms with van der Waals surface area (Å²) in [5.41, 5.74) is 2.92. The number of aryl methyl sites for hydroxylation is 1. The molecule has 1 aromatic carbocycles. The van der Waals surface area contributed by atoms with Crippen molar-refractivity contribution in [3.05, 3.63) is 51.7 Å². The van der Waals surface area contributed by atoms with Crippen LogP contribution < -0.4 is 0 Å². The first kappa shape index (κ1) is 17.4. The lowest BCUT2D eigenvalue weighted by Crippen LogP contribution is -2.36. The van der Waals surface area contributed by atoms with E-state index in [-0.39, 0.29) is 10.9 Å². The maximum atomic E-state index is 13.4. The molecule has 0 N–H and O–H groups in total. The number of carbonyl (C=O) groups is 1. The van der Waals surface area contributed by atoms with Gasteiger partial charge in [-0.15, -0.1) is 0 Å². The van der Waals surface area contributed by atoms with Gasteiger partial charge in [0.25, 0.3) is 11.8 Å². The van der Waals surface area contributed by atoms with E-state index in [1.165, 1.54) is 18.2 Å². The van der Waals surface area contributed by atoms with Crippen LogP contribution in [0, 0.1) is 5.82 Å². The number of aromatic nitrogens is 4. The van der Waals surface area contributed by atoms with Crippen molar-refractivity contribution in [2.75, 3.05) is 6.54 Å². The summed E-state index contributed by atoms with van der Waals surface area (Å²) in [6, 6.07) is 4.01. The number of hydrogen-bond donors (Lipinski definition) is 0. The molecular weight excluding hydrogens is 385 g/mol. The van der Waals surface area contributed by atoms with Gasteiger partial charge in [-0.25, -0.2) is 4.39 Å². The molecule has 2 aliphatic rings. The number of carbonyl (C=O) groups excluding carboxylic acids is 1. The molecule has 5 rings (SSSR count). The highest BCUT2D eigenvalue weighted by molar-refractivity contribution is 6.31. The fourth-order valence-corrected chi connectivity index (χ4v) is 3.77. The summed E-state index contributed by atoms with van der Waals surface area (Å²) < 4.78 is 20.7. The first-order valence-electron chi connectivity index (χ1n) is 9.14. The Morgan fingerprint density at radius 3 is 2.93 bits per heavy atom. The molecule has 0 saturated heterocycles. The van der Waals surface area contributed by atoms with Crippen LogP contribution in [0.25, 0.3) is 11.6 Å². The van der Waals surface area contributed by atoms with Crippen molar-refractivity contribution in [3.8, 4) is 11.6 Å². The van der Waals surface area contributed by atoms with E-state index >= 15 is 0 Å². The van der Waals surface area contributed by atoms with Crippen molar-refractivity contribution in [2.45, 2.75) is 31.7 Å². The average Bonchev–Trinajstić information content (AvgIpc) is 3.34. The molecule has 1 aliphatic heterocycles. The highest BCUT2D eigenvalue weighted by Gasteiger charge is 2.32. The van der Waals surface area contributed by atoms with E-state index in [0.29, 0.717) is 42.6 Å². The number of hydrogen-bond acceptors (Lipinski definition) is 5. The summed E-state index contributed by atoms with van der Waals surface area (Å²) in [5.74, 6) is 0.749. The third-order valence-electron chi connectivity index (χ3n) is 5.28. The van der Waals surface area contributed by atoms with Crippen molar-refractivity contribution in [3.63, 3.8) is 0 Å². The van der Waals surface area contributed by atoms with Crippen LogP contribution in [0.4, 0.5) is 4.39 Å². The van der Waals surface area contributed by atoms with Crippen molar-refractivity contribution >= 4 is 17.5 Å². The number of nitrogens with zero attached hydrogens (tertiary/aromatic N) is 5. The monoisotopic (exact) mass is 401 g/mol. The van der Waals surface area contributed by atoms with Crippen LogP contribution in [0.2, 0.25) is 5.02 Å². The van der Waals surface area contributed by atoms with Gasteiger partial charge in [0.05, 0.1) is 11.6 Å². The van der Waals surface area contributed by atoms with Gasteiger partial charge in [-0.3, -0.25) is 9.48 Å². The molecule has 2 aromatic heterocycles. The predicted octanol–water partition coefficient (Wildman–Crippen LogP) is 3.34. The Labute approximate surface area is 165 Å². The minimum atomic E-state index is -0.545. The number of benzene rings is 1. The van der Waals surface area contributed by atoms with Crippen LogP contribution in [0.15, 0.2) is 22.7 Å². The molecule has 28 heavy (non-hydrogen) atoms. The second-order valence-electron chi connectivity index (χ2n) is 7.24. The van der Waals surface area contributed by atoms with Gasteiger partial charge in [-0.05, 0) is 31.0 Å². The van der Waals surface area contributed by atoms with E-state index in [1.807, 2.05) is 11.7 Å². The van der Waals surface area contributed by atoms with Crippen LogP contribution in [0.5, 0.6) is 0 Å². The third kappa shape index (κ3) is 2.88. The van der Waals surface area contributed by atoms with E-state index in [1.54, 1.807) is 4.90 Å². The standard InChI is InChI=1S/C19H17ClFN5O2/c1-25-15-6-7-26(19(27)11-4-5-14(21)13(20)8-11)9-12(15)16(23-25)18-22-17(24-28-18)10-2-3-10/h4-5,8,10H,2-3,6-7,9H2,1H3. The van der Waals surface area contributed by atoms with Crippen LogP contribution >= 0.6 is 11.6 Å². The molecule has 1 amide bonds. The number of amides is 1. The van der Waals surface area contributed by atoms with E-state index in [9.17, 15) is 9.18 Å². The average molecular weight is 402 g/mol. The van der Waals surface area contributed by atoms with E-state index < -0.39 is 5.82 Å². The van der Waals surface area contributed by atoms with Crippen molar-refractivity contribution < 1.29 is 13.7 Å². The summed E-state index contributed by atoms with van der Waals surface area (Å²) in [6.45, 7) is 0.907. The van der Waals surface area contributed by atoms with Gasteiger partial charge < -0.3 is 9.42 Å². The zero-order chi connectivity index (χ0) is 19.4. The molecule has 3 heterocycles. The molecule has 1 saturated carbocycles. The number of rotatable bonds is 3. The Bertz CT molecular complexity index is 1090. The number of fused-ring (bicyclic) bond motifs is 1. The lowest BCUT2D eigenvalue weighted by molar-refractivity contribution is 0.0733. The molecule has 9 heteroatoms. The fourth-order valence-electron chi connectivity index (χ4n) is 3.59. The van der Waals surface area contributed by atoms with Crippen LogP contribution in [0.1, 0.15) is 46.2 Å². The molecule has 1 fully saturated rings. The Kier molecular flexibility index (Phi) is 3.97. The molecule has 0 unspecified atom stereocenters. The van der Waals surface area contributed by atoms with Crippen molar-refractivity contribution in [2.24, 2.45) is 7.05 Å². The molecule has 144 valence electrons. The van der Waals surface area contributed by atoms with Crippen molar-refractivity contribution in [1.29, 1.82) is 0 Å². The highest BCUT2D eigenvalue weighted by atomic mass is 35.5. The first-order chi connectivity index (χ1) is 13.5. The second-order valence-corrected chi connectivity index (χ2v) is 7.64. The number of halogens is 2. The Hall–Kier alpha value is -2.74. The fraction of sp³-hybridized carbons (Fsp3) is 0.368. The Morgan fingerprint density at radius 1 is 1.36 bits per heavy atom. The van der Waals surface area contributed by atoms with E-state index in [2.05, 4.69) is 15.2 Å². The van der Waals surface area contributed by atoms with Crippen molar-refractivity contribution in [1.82, 2.24) is 24.8 Å². The van der Waals surface area contributed by atoms with Gasteiger partial charge in [0.15, 0.2) is 11.5 Å². The first-order valence-corrected chi connectivity index (χ1v) is 9.52. The zero-order valence-corrected chi connectivity index (χ0v) is 15.9. The molecule has 0 bridgehead atoms. The molecule has 0 spiro atoms. The molecule has 7 nitrogen and oxygen atoms in total. The summed E-state index contributed by atoms with van der Waals surface area (Å²) in [6.07, 6.45) is 2.83. The SMILES string of the molecule is Cn1nc(-c2nc(C3CC3)no2)c2c1CCN(C(=O)c1ccc(F)c(Cl)c1)C2. The van der Waals surface area contributed by atoms with E-state index in [4.69, 9.17) is 16.1 Å². The van der Waals surface area contributed by atoms with Gasteiger partial charge in [0.1, 0.15) is 5.82 Å². The van der Waals surface area contributed by atoms with Gasteiger partial charge in [-0.2, -0.15) is 10.1 Å². The lowest BCUT2D eigenvalue weighted by Gasteiger charge is -2.27. The maximum Gasteiger partial charge on any atom is 0.278 e. The second kappa shape index (κ2) is 6.41. The normalized spacial score (nSPS) is 16.3. The topological polar surface area (TPSA) is 77.1 Å². The van der Waals surface area contributed by atoms with Gasteiger partial charge in [0, 0.05) is 42.8 Å². The summed E-state index contributed by atoms with van der Waals surface area (Å²) in [7, 11) is 1.87. The molecule has 0 radical (unpaired) electrons. The molecular formula is C19H17ClFN5O2. The van der Waals surface area contributed by atoms with Gasteiger partial charge >= 0.3 is 0 Å². The molecule has 0 atom stereocenters. The van der Waals surface area contributed by atoms with E-state index in [0.717, 1.165) is 29.9 Å². The Balaban J connectivity index is 1.45.